The van der Waals surface area contributed by atoms with E-state index in [-0.39, 0.29) is 12.0 Å². The molecular weight excluding hydrogens is 144 g/mol. The van der Waals surface area contributed by atoms with Crippen LogP contribution in [-0.4, -0.2) is 37.7 Å². The van der Waals surface area contributed by atoms with Crippen molar-refractivity contribution in [2.24, 2.45) is 0 Å². The predicted octanol–water partition coefficient (Wildman–Crippen LogP) is -0.242. The molecule has 4 heteroatoms. The van der Waals surface area contributed by atoms with Gasteiger partial charge in [-0.25, -0.2) is 10.4 Å². The van der Waals surface area contributed by atoms with Crippen molar-refractivity contribution in [3.05, 3.63) is 0 Å². The molecule has 0 aromatic heterocycles. The van der Waals surface area contributed by atoms with E-state index in [2.05, 4.69) is 10.2 Å². The number of ether oxygens (including phenoxy) is 1. The summed E-state index contributed by atoms with van der Waals surface area (Å²) in [5.74, 6) is -0.170. The summed E-state index contributed by atoms with van der Waals surface area (Å²) in [4.78, 5) is 11.0. The highest BCUT2D eigenvalue weighted by Gasteiger charge is 2.23. The Balaban J connectivity index is 2.39. The summed E-state index contributed by atoms with van der Waals surface area (Å²) in [5, 5.41) is 1.92. The van der Waals surface area contributed by atoms with Crippen molar-refractivity contribution in [3.8, 4) is 0 Å². The molecule has 1 saturated heterocycles. The lowest BCUT2D eigenvalue weighted by Crippen LogP contribution is -2.51. The van der Waals surface area contributed by atoms with Gasteiger partial charge in [0.1, 0.15) is 6.04 Å². The van der Waals surface area contributed by atoms with Gasteiger partial charge in [0, 0.05) is 13.6 Å². The largest absolute Gasteiger partial charge is 0.468 e. The van der Waals surface area contributed by atoms with Gasteiger partial charge in [-0.2, -0.15) is 0 Å². The Kier molecular flexibility index (Phi) is 2.84. The van der Waals surface area contributed by atoms with Crippen LogP contribution in [0.3, 0.4) is 0 Å². The van der Waals surface area contributed by atoms with Crippen molar-refractivity contribution in [2.45, 2.75) is 18.9 Å². The standard InChI is InChI=1S/C7H14N2O2/c1-9-5-3-4-6(8-9)7(10)11-2/h6,8H,3-5H2,1-2H3. The average Bonchev–Trinajstić information content (AvgIpc) is 2.03. The van der Waals surface area contributed by atoms with Gasteiger partial charge in [0.15, 0.2) is 0 Å². The molecular formula is C7H14N2O2. The molecule has 1 fully saturated rings. The summed E-state index contributed by atoms with van der Waals surface area (Å²) in [5.41, 5.74) is 3.03. The number of hydrogen-bond acceptors (Lipinski definition) is 4. The van der Waals surface area contributed by atoms with Crippen LogP contribution in [0, 0.1) is 0 Å². The van der Waals surface area contributed by atoms with E-state index in [1.807, 2.05) is 12.1 Å². The Morgan fingerprint density at radius 1 is 1.73 bits per heavy atom. The molecule has 1 heterocycles. The molecule has 1 aliphatic rings. The fourth-order valence-electron chi connectivity index (χ4n) is 1.24. The molecule has 0 aromatic carbocycles. The average molecular weight is 158 g/mol. The zero-order valence-electron chi connectivity index (χ0n) is 6.96. The van der Waals surface area contributed by atoms with Gasteiger partial charge in [0.2, 0.25) is 0 Å². The SMILES string of the molecule is COC(=O)C1CCCN(C)N1. The third-order valence-corrected chi connectivity index (χ3v) is 1.85. The van der Waals surface area contributed by atoms with Gasteiger partial charge in [-0.15, -0.1) is 0 Å². The molecule has 11 heavy (non-hydrogen) atoms. The fraction of sp³-hybridized carbons (Fsp3) is 0.857. The Morgan fingerprint density at radius 3 is 3.00 bits per heavy atom. The van der Waals surface area contributed by atoms with Crippen molar-refractivity contribution in [1.82, 2.24) is 10.4 Å². The molecule has 1 atom stereocenters. The van der Waals surface area contributed by atoms with Crippen molar-refractivity contribution in [3.63, 3.8) is 0 Å². The number of esters is 1. The highest BCUT2D eigenvalue weighted by atomic mass is 16.5. The molecule has 0 radical (unpaired) electrons. The van der Waals surface area contributed by atoms with Gasteiger partial charge in [-0.1, -0.05) is 0 Å². The van der Waals surface area contributed by atoms with E-state index in [0.717, 1.165) is 19.4 Å². The lowest BCUT2D eigenvalue weighted by atomic mass is 10.1. The summed E-state index contributed by atoms with van der Waals surface area (Å²) < 4.78 is 4.61. The van der Waals surface area contributed by atoms with Gasteiger partial charge < -0.3 is 4.74 Å². The molecule has 1 aliphatic heterocycles. The Labute approximate surface area is 66.5 Å². The first kappa shape index (κ1) is 8.49. The molecule has 64 valence electrons. The van der Waals surface area contributed by atoms with Gasteiger partial charge in [0.05, 0.1) is 7.11 Å². The molecule has 0 saturated carbocycles. The van der Waals surface area contributed by atoms with E-state index in [9.17, 15) is 4.79 Å². The second kappa shape index (κ2) is 3.69. The third-order valence-electron chi connectivity index (χ3n) is 1.85. The van der Waals surface area contributed by atoms with E-state index in [4.69, 9.17) is 0 Å². The number of rotatable bonds is 1. The maximum absolute atomic E-state index is 11.0. The van der Waals surface area contributed by atoms with Crippen LogP contribution < -0.4 is 5.43 Å². The van der Waals surface area contributed by atoms with E-state index in [1.165, 1.54) is 7.11 Å². The van der Waals surface area contributed by atoms with E-state index in [0.29, 0.717) is 0 Å². The lowest BCUT2D eigenvalue weighted by Gasteiger charge is -2.29. The molecule has 1 unspecified atom stereocenters. The molecule has 1 N–H and O–H groups in total. The number of carbonyl (C=O) groups is 1. The number of nitrogens with one attached hydrogen (secondary N) is 1. The molecule has 0 spiro atoms. The minimum atomic E-state index is -0.170. The minimum Gasteiger partial charge on any atom is -0.468 e. The third kappa shape index (κ3) is 2.17. The molecule has 4 nitrogen and oxygen atoms in total. The first-order valence-electron chi connectivity index (χ1n) is 3.79. The Bertz CT molecular complexity index is 149. The minimum absolute atomic E-state index is 0.140. The number of hydrogen-bond donors (Lipinski definition) is 1. The molecule has 0 bridgehead atoms. The van der Waals surface area contributed by atoms with Crippen molar-refractivity contribution in [1.29, 1.82) is 0 Å². The molecule has 0 aliphatic carbocycles. The molecule has 1 rings (SSSR count). The fourth-order valence-corrected chi connectivity index (χ4v) is 1.24. The zero-order chi connectivity index (χ0) is 8.27. The monoisotopic (exact) mass is 158 g/mol. The summed E-state index contributed by atoms with van der Waals surface area (Å²) in [7, 11) is 3.34. The summed E-state index contributed by atoms with van der Waals surface area (Å²) >= 11 is 0. The van der Waals surface area contributed by atoms with Crippen LogP contribution in [0.4, 0.5) is 0 Å². The Hall–Kier alpha value is -0.610. The maximum atomic E-state index is 11.0. The smallest absolute Gasteiger partial charge is 0.324 e. The predicted molar refractivity (Wildman–Crippen MR) is 40.8 cm³/mol. The Morgan fingerprint density at radius 2 is 2.45 bits per heavy atom. The van der Waals surface area contributed by atoms with Crippen LogP contribution in [-0.2, 0) is 9.53 Å². The summed E-state index contributed by atoms with van der Waals surface area (Å²) in [6, 6.07) is -0.140. The van der Waals surface area contributed by atoms with Gasteiger partial charge in [-0.05, 0) is 12.8 Å². The first-order valence-corrected chi connectivity index (χ1v) is 3.79. The topological polar surface area (TPSA) is 41.6 Å². The highest BCUT2D eigenvalue weighted by molar-refractivity contribution is 5.75. The highest BCUT2D eigenvalue weighted by Crippen LogP contribution is 2.06. The van der Waals surface area contributed by atoms with Crippen LogP contribution in [0.1, 0.15) is 12.8 Å². The summed E-state index contributed by atoms with van der Waals surface area (Å²) in [6.45, 7) is 0.994. The van der Waals surface area contributed by atoms with E-state index < -0.39 is 0 Å². The van der Waals surface area contributed by atoms with E-state index >= 15 is 0 Å². The van der Waals surface area contributed by atoms with Crippen LogP contribution in [0.5, 0.6) is 0 Å². The number of nitrogens with zero attached hydrogens (tertiary/aromatic N) is 1. The summed E-state index contributed by atoms with van der Waals surface area (Å²) in [6.07, 6.45) is 1.92. The maximum Gasteiger partial charge on any atom is 0.324 e. The number of methoxy groups -OCH3 is 1. The molecule has 0 aromatic rings. The van der Waals surface area contributed by atoms with Crippen molar-refractivity contribution < 1.29 is 9.53 Å². The van der Waals surface area contributed by atoms with Crippen molar-refractivity contribution >= 4 is 5.97 Å². The number of hydrazine groups is 1. The van der Waals surface area contributed by atoms with Crippen LogP contribution in [0.2, 0.25) is 0 Å². The zero-order valence-corrected chi connectivity index (χ0v) is 6.96. The second-order valence-electron chi connectivity index (χ2n) is 2.77. The van der Waals surface area contributed by atoms with E-state index in [1.54, 1.807) is 0 Å². The van der Waals surface area contributed by atoms with Gasteiger partial charge in [0.25, 0.3) is 0 Å². The van der Waals surface area contributed by atoms with Gasteiger partial charge in [-0.3, -0.25) is 4.79 Å². The normalized spacial score (nSPS) is 26.5. The van der Waals surface area contributed by atoms with Crippen LogP contribution in [0.15, 0.2) is 0 Å². The first-order chi connectivity index (χ1) is 5.24. The molecule has 0 amide bonds. The van der Waals surface area contributed by atoms with Crippen molar-refractivity contribution in [2.75, 3.05) is 20.7 Å². The quantitative estimate of drug-likeness (QED) is 0.535. The lowest BCUT2D eigenvalue weighted by molar-refractivity contribution is -0.145. The van der Waals surface area contributed by atoms with Crippen LogP contribution >= 0.6 is 0 Å². The second-order valence-corrected chi connectivity index (χ2v) is 2.77. The number of carbonyl (C=O) groups excluding carboxylic acids is 1. The van der Waals surface area contributed by atoms with Crippen LogP contribution in [0.25, 0.3) is 0 Å². The van der Waals surface area contributed by atoms with Gasteiger partial charge >= 0.3 is 5.97 Å².